The number of hydrogen-bond donors (Lipinski definition) is 2. The Bertz CT molecular complexity index is 271. The van der Waals surface area contributed by atoms with E-state index in [-0.39, 0.29) is 24.5 Å². The first-order chi connectivity index (χ1) is 9.29. The van der Waals surface area contributed by atoms with Crippen molar-refractivity contribution in [1.29, 1.82) is 0 Å². The lowest BCUT2D eigenvalue weighted by Crippen LogP contribution is -2.38. The van der Waals surface area contributed by atoms with E-state index in [0.717, 1.165) is 25.2 Å². The number of hydrogen-bond acceptors (Lipinski definition) is 3. The zero-order valence-electron chi connectivity index (χ0n) is 11.8. The van der Waals surface area contributed by atoms with Gasteiger partial charge in [0.1, 0.15) is 6.10 Å². The summed E-state index contributed by atoms with van der Waals surface area (Å²) >= 11 is 0. The lowest BCUT2D eigenvalue weighted by atomic mass is 9.83. The molecule has 1 amide bonds. The Balaban J connectivity index is 1.67. The van der Waals surface area contributed by atoms with E-state index in [4.69, 9.17) is 4.74 Å². The van der Waals surface area contributed by atoms with Crippen LogP contribution in [-0.2, 0) is 9.53 Å². The third-order valence-electron chi connectivity index (χ3n) is 4.44. The number of aliphatic hydroxyl groups excluding tert-OH is 1. The van der Waals surface area contributed by atoms with Gasteiger partial charge in [0.05, 0.1) is 0 Å². The molecule has 0 aromatic heterocycles. The summed E-state index contributed by atoms with van der Waals surface area (Å²) < 4.78 is 5.36. The standard InChI is InChI=1S/C15H27NO3/c17-11-13(9-12-5-2-1-3-6-12)10-16-15(18)14-7-4-8-19-14/h12-14,17H,1-11H2,(H,16,18)/t13?,14-/m0/s1. The molecule has 2 rings (SSSR count). The van der Waals surface area contributed by atoms with Crippen LogP contribution in [0, 0.1) is 11.8 Å². The van der Waals surface area contributed by atoms with Crippen molar-refractivity contribution in [3.8, 4) is 0 Å². The average Bonchev–Trinajstić information content (AvgIpc) is 2.98. The van der Waals surface area contributed by atoms with Gasteiger partial charge in [0, 0.05) is 19.8 Å². The van der Waals surface area contributed by atoms with Gasteiger partial charge in [0.15, 0.2) is 0 Å². The average molecular weight is 269 g/mol. The summed E-state index contributed by atoms with van der Waals surface area (Å²) in [6.07, 6.45) is 9.18. The minimum atomic E-state index is -0.256. The van der Waals surface area contributed by atoms with Gasteiger partial charge in [0.25, 0.3) is 0 Å². The van der Waals surface area contributed by atoms with E-state index in [1.165, 1.54) is 32.1 Å². The summed E-state index contributed by atoms with van der Waals surface area (Å²) in [5.74, 6) is 0.943. The van der Waals surface area contributed by atoms with Gasteiger partial charge in [-0.3, -0.25) is 4.79 Å². The van der Waals surface area contributed by atoms with Crippen LogP contribution in [-0.4, -0.2) is 36.9 Å². The first-order valence-corrected chi connectivity index (χ1v) is 7.79. The van der Waals surface area contributed by atoms with Crippen molar-refractivity contribution in [3.63, 3.8) is 0 Å². The third kappa shape index (κ3) is 4.77. The molecule has 4 heteroatoms. The fourth-order valence-electron chi connectivity index (χ4n) is 3.26. The van der Waals surface area contributed by atoms with Crippen LogP contribution in [0.4, 0.5) is 0 Å². The molecule has 2 fully saturated rings. The second-order valence-electron chi connectivity index (χ2n) is 6.04. The quantitative estimate of drug-likeness (QED) is 0.774. The van der Waals surface area contributed by atoms with Crippen LogP contribution in [0.3, 0.4) is 0 Å². The van der Waals surface area contributed by atoms with E-state index in [2.05, 4.69) is 5.32 Å². The highest BCUT2D eigenvalue weighted by molar-refractivity contribution is 5.80. The van der Waals surface area contributed by atoms with Crippen molar-refractivity contribution in [1.82, 2.24) is 5.32 Å². The first-order valence-electron chi connectivity index (χ1n) is 7.79. The van der Waals surface area contributed by atoms with Crippen LogP contribution in [0.2, 0.25) is 0 Å². The molecule has 0 aromatic carbocycles. The minimum absolute atomic E-state index is 0.000376. The Morgan fingerprint density at radius 1 is 1.21 bits per heavy atom. The predicted molar refractivity (Wildman–Crippen MR) is 73.8 cm³/mol. The normalized spacial score (nSPS) is 26.3. The molecule has 0 radical (unpaired) electrons. The first kappa shape index (κ1) is 14.8. The largest absolute Gasteiger partial charge is 0.396 e. The molecule has 1 aliphatic carbocycles. The summed E-state index contributed by atoms with van der Waals surface area (Å²) in [5, 5.41) is 12.4. The van der Waals surface area contributed by atoms with Crippen LogP contribution in [0.15, 0.2) is 0 Å². The number of carbonyl (C=O) groups excluding carboxylic acids is 1. The highest BCUT2D eigenvalue weighted by atomic mass is 16.5. The van der Waals surface area contributed by atoms with Crippen LogP contribution < -0.4 is 5.32 Å². The molecule has 1 saturated heterocycles. The van der Waals surface area contributed by atoms with Gasteiger partial charge in [0.2, 0.25) is 5.91 Å². The number of nitrogens with one attached hydrogen (secondary N) is 1. The summed E-state index contributed by atoms with van der Waals surface area (Å²) in [5.41, 5.74) is 0. The zero-order valence-corrected chi connectivity index (χ0v) is 11.8. The molecule has 0 spiro atoms. The van der Waals surface area contributed by atoms with E-state index in [1.54, 1.807) is 0 Å². The number of ether oxygens (including phenoxy) is 1. The Morgan fingerprint density at radius 2 is 2.00 bits per heavy atom. The van der Waals surface area contributed by atoms with Crippen molar-refractivity contribution in [3.05, 3.63) is 0 Å². The summed E-state index contributed by atoms with van der Waals surface area (Å²) in [7, 11) is 0. The Labute approximate surface area is 115 Å². The molecule has 2 N–H and O–H groups in total. The van der Waals surface area contributed by atoms with Crippen molar-refractivity contribution >= 4 is 5.91 Å². The van der Waals surface area contributed by atoms with Crippen molar-refractivity contribution in [2.45, 2.75) is 57.5 Å². The number of carbonyl (C=O) groups is 1. The number of aliphatic hydroxyl groups is 1. The minimum Gasteiger partial charge on any atom is -0.396 e. The maximum atomic E-state index is 11.8. The Kier molecular flexibility index (Phi) is 6.11. The van der Waals surface area contributed by atoms with E-state index < -0.39 is 0 Å². The van der Waals surface area contributed by atoms with Crippen molar-refractivity contribution in [2.24, 2.45) is 11.8 Å². The molecular formula is C15H27NO3. The molecule has 110 valence electrons. The molecule has 2 atom stereocenters. The Hall–Kier alpha value is -0.610. The van der Waals surface area contributed by atoms with Gasteiger partial charge < -0.3 is 15.2 Å². The van der Waals surface area contributed by atoms with Crippen LogP contribution in [0.5, 0.6) is 0 Å². The fraction of sp³-hybridized carbons (Fsp3) is 0.933. The molecule has 0 bridgehead atoms. The maximum Gasteiger partial charge on any atom is 0.249 e. The van der Waals surface area contributed by atoms with Gasteiger partial charge in [-0.25, -0.2) is 0 Å². The van der Waals surface area contributed by atoms with E-state index in [1.807, 2.05) is 0 Å². The number of rotatable bonds is 6. The van der Waals surface area contributed by atoms with Gasteiger partial charge in [-0.2, -0.15) is 0 Å². The smallest absolute Gasteiger partial charge is 0.249 e. The monoisotopic (exact) mass is 269 g/mol. The topological polar surface area (TPSA) is 58.6 Å². The zero-order chi connectivity index (χ0) is 13.5. The second-order valence-corrected chi connectivity index (χ2v) is 6.04. The molecule has 1 heterocycles. The molecule has 4 nitrogen and oxygen atoms in total. The SMILES string of the molecule is O=C(NCC(CO)CC1CCCCC1)[C@@H]1CCCO1. The highest BCUT2D eigenvalue weighted by Gasteiger charge is 2.24. The molecule has 1 aliphatic heterocycles. The van der Waals surface area contributed by atoms with Crippen molar-refractivity contribution < 1.29 is 14.6 Å². The summed E-state index contributed by atoms with van der Waals surface area (Å²) in [6, 6.07) is 0. The van der Waals surface area contributed by atoms with Crippen LogP contribution >= 0.6 is 0 Å². The lowest BCUT2D eigenvalue weighted by molar-refractivity contribution is -0.130. The molecule has 1 saturated carbocycles. The predicted octanol–water partition coefficient (Wildman–Crippen LogP) is 1.86. The lowest BCUT2D eigenvalue weighted by Gasteiger charge is -2.26. The van der Waals surface area contributed by atoms with Crippen LogP contribution in [0.25, 0.3) is 0 Å². The molecule has 0 aromatic rings. The van der Waals surface area contributed by atoms with Gasteiger partial charge in [-0.05, 0) is 31.1 Å². The summed E-state index contributed by atoms with van der Waals surface area (Å²) in [4.78, 5) is 11.8. The second kappa shape index (κ2) is 7.85. The van der Waals surface area contributed by atoms with Gasteiger partial charge >= 0.3 is 0 Å². The van der Waals surface area contributed by atoms with Crippen molar-refractivity contribution in [2.75, 3.05) is 19.8 Å². The highest BCUT2D eigenvalue weighted by Crippen LogP contribution is 2.28. The maximum absolute atomic E-state index is 11.8. The molecule has 19 heavy (non-hydrogen) atoms. The van der Waals surface area contributed by atoms with Crippen LogP contribution in [0.1, 0.15) is 51.4 Å². The summed E-state index contributed by atoms with van der Waals surface area (Å²) in [6.45, 7) is 1.46. The van der Waals surface area contributed by atoms with Gasteiger partial charge in [-0.15, -0.1) is 0 Å². The Morgan fingerprint density at radius 3 is 2.63 bits per heavy atom. The van der Waals surface area contributed by atoms with E-state index in [9.17, 15) is 9.90 Å². The molecule has 1 unspecified atom stereocenters. The van der Waals surface area contributed by atoms with E-state index >= 15 is 0 Å². The van der Waals surface area contributed by atoms with Gasteiger partial charge in [-0.1, -0.05) is 32.1 Å². The molecular weight excluding hydrogens is 242 g/mol. The fourth-order valence-corrected chi connectivity index (χ4v) is 3.26. The van der Waals surface area contributed by atoms with E-state index in [0.29, 0.717) is 13.2 Å². The molecule has 2 aliphatic rings. The number of amides is 1. The third-order valence-corrected chi connectivity index (χ3v) is 4.44.